The third kappa shape index (κ3) is 2.80. The van der Waals surface area contributed by atoms with Crippen LogP contribution in [0.5, 0.6) is 0 Å². The average molecular weight is 244 g/mol. The predicted molar refractivity (Wildman–Crippen MR) is 63.8 cm³/mol. The summed E-state index contributed by atoms with van der Waals surface area (Å²) in [7, 11) is -0.979. The van der Waals surface area contributed by atoms with Gasteiger partial charge in [-0.1, -0.05) is 23.7 Å². The summed E-state index contributed by atoms with van der Waals surface area (Å²) >= 11 is 5.99. The van der Waals surface area contributed by atoms with Crippen LogP contribution in [0.2, 0.25) is 5.02 Å². The third-order valence-electron chi connectivity index (χ3n) is 2.60. The lowest BCUT2D eigenvalue weighted by atomic mass is 10.3. The first-order valence-corrected chi connectivity index (χ1v) is 6.83. The Morgan fingerprint density at radius 3 is 2.93 bits per heavy atom. The number of hydrogen-bond donors (Lipinski definition) is 1. The molecule has 0 aromatic heterocycles. The maximum atomic E-state index is 12.0. The van der Waals surface area contributed by atoms with E-state index in [9.17, 15) is 4.21 Å². The van der Waals surface area contributed by atoms with E-state index in [1.807, 2.05) is 18.2 Å². The molecule has 0 amide bonds. The third-order valence-corrected chi connectivity index (χ3v) is 4.59. The van der Waals surface area contributed by atoms with Gasteiger partial charge in [-0.05, 0) is 31.5 Å². The van der Waals surface area contributed by atoms with E-state index in [0.717, 1.165) is 17.9 Å². The number of nitrogens with one attached hydrogen (secondary N) is 1. The monoisotopic (exact) mass is 243 g/mol. The van der Waals surface area contributed by atoms with E-state index < -0.39 is 10.8 Å². The highest BCUT2D eigenvalue weighted by molar-refractivity contribution is 7.85. The molecule has 2 atom stereocenters. The summed E-state index contributed by atoms with van der Waals surface area (Å²) in [6, 6.07) is 7.75. The topological polar surface area (TPSA) is 29.1 Å². The molecule has 0 aliphatic carbocycles. The molecule has 2 unspecified atom stereocenters. The van der Waals surface area contributed by atoms with Gasteiger partial charge in [-0.25, -0.2) is 0 Å². The highest BCUT2D eigenvalue weighted by Crippen LogP contribution is 2.20. The largest absolute Gasteiger partial charge is 0.313 e. The summed E-state index contributed by atoms with van der Waals surface area (Å²) in [5.74, 6) is 0.670. The van der Waals surface area contributed by atoms with Crippen LogP contribution in [0.15, 0.2) is 29.2 Å². The second-order valence-corrected chi connectivity index (χ2v) is 5.61. The fourth-order valence-electron chi connectivity index (χ4n) is 1.80. The standard InChI is InChI=1S/C11H14ClNOS/c12-10-5-1-2-6-11(10)15(14)8-9-4-3-7-13-9/h1-2,5-6,9,13H,3-4,7-8H2. The molecule has 4 heteroatoms. The molecule has 0 spiro atoms. The summed E-state index contributed by atoms with van der Waals surface area (Å²) in [4.78, 5) is 0.757. The highest BCUT2D eigenvalue weighted by atomic mass is 35.5. The van der Waals surface area contributed by atoms with Crippen LogP contribution in [0.4, 0.5) is 0 Å². The molecule has 1 N–H and O–H groups in total. The Balaban J connectivity index is 2.04. The number of hydrogen-bond acceptors (Lipinski definition) is 2. The first kappa shape index (κ1) is 11.1. The highest BCUT2D eigenvalue weighted by Gasteiger charge is 2.18. The van der Waals surface area contributed by atoms with Gasteiger partial charge in [0.1, 0.15) is 0 Å². The molecule has 15 heavy (non-hydrogen) atoms. The van der Waals surface area contributed by atoms with Crippen molar-refractivity contribution in [3.63, 3.8) is 0 Å². The van der Waals surface area contributed by atoms with Gasteiger partial charge in [-0.3, -0.25) is 4.21 Å². The lowest BCUT2D eigenvalue weighted by molar-refractivity contribution is 0.643. The van der Waals surface area contributed by atoms with Crippen molar-refractivity contribution in [1.29, 1.82) is 0 Å². The zero-order chi connectivity index (χ0) is 10.7. The molecule has 1 aromatic rings. The maximum absolute atomic E-state index is 12.0. The molecule has 1 heterocycles. The Morgan fingerprint density at radius 1 is 1.47 bits per heavy atom. The molecule has 1 aliphatic heterocycles. The summed E-state index contributed by atoms with van der Waals surface area (Å²) < 4.78 is 12.0. The normalized spacial score (nSPS) is 22.9. The smallest absolute Gasteiger partial charge is 0.0574 e. The Bertz CT molecular complexity index is 363. The molecule has 82 valence electrons. The minimum Gasteiger partial charge on any atom is -0.313 e. The molecule has 0 radical (unpaired) electrons. The van der Waals surface area contributed by atoms with Crippen molar-refractivity contribution in [3.8, 4) is 0 Å². The predicted octanol–water partition coefficient (Wildman–Crippen LogP) is 2.20. The molecule has 2 rings (SSSR count). The zero-order valence-corrected chi connectivity index (χ0v) is 9.98. The SMILES string of the molecule is O=S(CC1CCCN1)c1ccccc1Cl. The molecular weight excluding hydrogens is 230 g/mol. The average Bonchev–Trinajstić information content (AvgIpc) is 2.71. The van der Waals surface area contributed by atoms with Crippen LogP contribution >= 0.6 is 11.6 Å². The quantitative estimate of drug-likeness (QED) is 0.882. The molecule has 2 nitrogen and oxygen atoms in total. The maximum Gasteiger partial charge on any atom is 0.0574 e. The minimum absolute atomic E-state index is 0.391. The van der Waals surface area contributed by atoms with Crippen molar-refractivity contribution in [2.24, 2.45) is 0 Å². The lowest BCUT2D eigenvalue weighted by Crippen LogP contribution is -2.27. The van der Waals surface area contributed by atoms with Crippen LogP contribution in [0.1, 0.15) is 12.8 Å². The van der Waals surface area contributed by atoms with Gasteiger partial charge < -0.3 is 5.32 Å². The summed E-state index contributed by atoms with van der Waals surface area (Å²) in [6.07, 6.45) is 2.31. The van der Waals surface area contributed by atoms with E-state index in [4.69, 9.17) is 11.6 Å². The summed E-state index contributed by atoms with van der Waals surface area (Å²) in [6.45, 7) is 1.05. The second-order valence-electron chi connectivity index (χ2n) is 3.74. The first-order chi connectivity index (χ1) is 7.27. The molecule has 1 fully saturated rings. The van der Waals surface area contributed by atoms with Gasteiger partial charge in [0.05, 0.1) is 20.7 Å². The number of halogens is 1. The van der Waals surface area contributed by atoms with E-state index in [-0.39, 0.29) is 0 Å². The Hall–Kier alpha value is -0.380. The van der Waals surface area contributed by atoms with Crippen molar-refractivity contribution in [2.45, 2.75) is 23.8 Å². The van der Waals surface area contributed by atoms with Gasteiger partial charge in [-0.2, -0.15) is 0 Å². The lowest BCUT2D eigenvalue weighted by Gasteiger charge is -2.10. The first-order valence-electron chi connectivity index (χ1n) is 5.13. The van der Waals surface area contributed by atoms with Crippen LogP contribution in [0, 0.1) is 0 Å². The fourth-order valence-corrected chi connectivity index (χ4v) is 3.54. The summed E-state index contributed by atoms with van der Waals surface area (Å²) in [5.41, 5.74) is 0. The van der Waals surface area contributed by atoms with E-state index in [1.165, 1.54) is 6.42 Å². The van der Waals surface area contributed by atoms with Crippen molar-refractivity contribution in [1.82, 2.24) is 5.32 Å². The molecule has 1 saturated heterocycles. The van der Waals surface area contributed by atoms with Crippen LogP contribution < -0.4 is 5.32 Å². The fraction of sp³-hybridized carbons (Fsp3) is 0.455. The van der Waals surface area contributed by atoms with E-state index >= 15 is 0 Å². The van der Waals surface area contributed by atoms with Gasteiger partial charge >= 0.3 is 0 Å². The molecule has 0 saturated carbocycles. The molecular formula is C11H14ClNOS. The van der Waals surface area contributed by atoms with Crippen LogP contribution in [0.3, 0.4) is 0 Å². The van der Waals surface area contributed by atoms with Crippen molar-refractivity contribution in [3.05, 3.63) is 29.3 Å². The molecule has 1 aromatic carbocycles. The minimum atomic E-state index is -0.979. The van der Waals surface area contributed by atoms with E-state index in [2.05, 4.69) is 5.32 Å². The number of benzene rings is 1. The van der Waals surface area contributed by atoms with Crippen LogP contribution in [0.25, 0.3) is 0 Å². The van der Waals surface area contributed by atoms with Gasteiger partial charge in [0.15, 0.2) is 0 Å². The van der Waals surface area contributed by atoms with Crippen molar-refractivity contribution < 1.29 is 4.21 Å². The Labute approximate surface area is 97.5 Å². The molecule has 0 bridgehead atoms. The Morgan fingerprint density at radius 2 is 2.27 bits per heavy atom. The van der Waals surface area contributed by atoms with Crippen LogP contribution in [-0.2, 0) is 10.8 Å². The van der Waals surface area contributed by atoms with E-state index in [1.54, 1.807) is 6.07 Å². The summed E-state index contributed by atoms with van der Waals surface area (Å²) in [5, 5.41) is 3.95. The van der Waals surface area contributed by atoms with Crippen molar-refractivity contribution >= 4 is 22.4 Å². The molecule has 1 aliphatic rings. The van der Waals surface area contributed by atoms with Crippen LogP contribution in [-0.4, -0.2) is 22.5 Å². The van der Waals surface area contributed by atoms with Gasteiger partial charge in [0.2, 0.25) is 0 Å². The number of rotatable bonds is 3. The van der Waals surface area contributed by atoms with Crippen molar-refractivity contribution in [2.75, 3.05) is 12.3 Å². The van der Waals surface area contributed by atoms with E-state index in [0.29, 0.717) is 16.8 Å². The second kappa shape index (κ2) is 5.10. The van der Waals surface area contributed by atoms with Gasteiger partial charge in [0, 0.05) is 11.8 Å². The zero-order valence-electron chi connectivity index (χ0n) is 8.41. The van der Waals surface area contributed by atoms with Gasteiger partial charge in [0.25, 0.3) is 0 Å². The Kier molecular flexibility index (Phi) is 3.78. The van der Waals surface area contributed by atoms with Gasteiger partial charge in [-0.15, -0.1) is 0 Å².